The Labute approximate surface area is 287 Å². The third-order valence-electron chi connectivity index (χ3n) is 7.05. The zero-order chi connectivity index (χ0) is 35.3. The highest BCUT2D eigenvalue weighted by Gasteiger charge is 2.12. The minimum absolute atomic E-state index is 0.222. The van der Waals surface area contributed by atoms with Gasteiger partial charge < -0.3 is 28.4 Å². The van der Waals surface area contributed by atoms with E-state index in [1.54, 1.807) is 72.8 Å². The van der Waals surface area contributed by atoms with E-state index in [-0.39, 0.29) is 25.1 Å². The summed E-state index contributed by atoms with van der Waals surface area (Å²) in [5.41, 5.74) is 4.24. The molecule has 0 aromatic heterocycles. The van der Waals surface area contributed by atoms with Gasteiger partial charge >= 0.3 is 23.9 Å². The number of hydrogen-bond acceptors (Lipinski definition) is 10. The van der Waals surface area contributed by atoms with E-state index in [0.717, 1.165) is 34.4 Å². The van der Waals surface area contributed by atoms with Crippen molar-refractivity contribution in [1.29, 1.82) is 0 Å². The smallest absolute Gasteiger partial charge is 0.343 e. The van der Waals surface area contributed by atoms with Crippen molar-refractivity contribution in [2.24, 2.45) is 0 Å². The van der Waals surface area contributed by atoms with E-state index in [4.69, 9.17) is 28.4 Å². The van der Waals surface area contributed by atoms with Crippen LogP contribution in [0.15, 0.2) is 147 Å². The summed E-state index contributed by atoms with van der Waals surface area (Å²) in [6.07, 6.45) is 2.11. The van der Waals surface area contributed by atoms with Crippen molar-refractivity contribution in [2.75, 3.05) is 13.6 Å². The molecule has 0 bridgehead atoms. The lowest BCUT2D eigenvalue weighted by Crippen LogP contribution is -2.09. The van der Waals surface area contributed by atoms with Gasteiger partial charge in [-0.3, -0.25) is 0 Å². The highest BCUT2D eigenvalue weighted by atomic mass is 16.7. The molecule has 0 aliphatic carbocycles. The molecule has 5 aromatic carbocycles. The molecule has 0 aliphatic heterocycles. The van der Waals surface area contributed by atoms with E-state index in [1.165, 1.54) is 24.3 Å². The van der Waals surface area contributed by atoms with Crippen LogP contribution in [0.25, 0.3) is 22.3 Å². The highest BCUT2D eigenvalue weighted by molar-refractivity contribution is 5.92. The summed E-state index contributed by atoms with van der Waals surface area (Å²) in [6, 6.07) is 34.3. The standard InChI is InChI=1S/C40H30O10/c1-3-37(41)47-25-45-33-17-13-29(14-18-33)27-5-9-31(10-6-27)39(43)49-35-21-23-36(24-22-35)50-40(44)32-11-7-28(8-12-32)30-15-19-34(20-16-30)46-26-48-38(42)4-2/h3-24H,1-2,25-26H2. The number of esters is 4. The van der Waals surface area contributed by atoms with Crippen LogP contribution in [0.1, 0.15) is 20.7 Å². The van der Waals surface area contributed by atoms with Crippen molar-refractivity contribution < 1.29 is 47.6 Å². The first kappa shape index (κ1) is 34.4. The van der Waals surface area contributed by atoms with E-state index >= 15 is 0 Å². The Morgan fingerprint density at radius 3 is 1.00 bits per heavy atom. The van der Waals surface area contributed by atoms with E-state index in [2.05, 4.69) is 13.2 Å². The van der Waals surface area contributed by atoms with Crippen LogP contribution in [-0.4, -0.2) is 37.5 Å². The molecule has 0 atom stereocenters. The van der Waals surface area contributed by atoms with Gasteiger partial charge in [0.15, 0.2) is 0 Å². The molecule has 0 unspecified atom stereocenters. The second-order valence-corrected chi connectivity index (χ2v) is 10.3. The molecule has 0 heterocycles. The van der Waals surface area contributed by atoms with E-state index in [9.17, 15) is 19.2 Å². The Bertz CT molecular complexity index is 1820. The lowest BCUT2D eigenvalue weighted by molar-refractivity contribution is -0.145. The van der Waals surface area contributed by atoms with Gasteiger partial charge in [-0.1, -0.05) is 61.7 Å². The molecule has 0 saturated carbocycles. The van der Waals surface area contributed by atoms with E-state index < -0.39 is 23.9 Å². The number of hydrogen-bond donors (Lipinski definition) is 0. The number of carbonyl (C=O) groups is 4. The lowest BCUT2D eigenvalue weighted by atomic mass is 10.0. The highest BCUT2D eigenvalue weighted by Crippen LogP contribution is 2.26. The third kappa shape index (κ3) is 9.55. The fraction of sp³-hybridized carbons (Fsp3) is 0.0500. The van der Waals surface area contributed by atoms with Gasteiger partial charge in [0.25, 0.3) is 0 Å². The average molecular weight is 671 g/mol. The second kappa shape index (κ2) is 16.8. The van der Waals surface area contributed by atoms with Gasteiger partial charge in [-0.15, -0.1) is 0 Å². The van der Waals surface area contributed by atoms with Crippen LogP contribution < -0.4 is 18.9 Å². The molecular formula is C40H30O10. The quantitative estimate of drug-likeness (QED) is 0.0505. The monoisotopic (exact) mass is 670 g/mol. The Kier molecular flexibility index (Phi) is 11.5. The molecule has 50 heavy (non-hydrogen) atoms. The van der Waals surface area contributed by atoms with E-state index in [0.29, 0.717) is 22.6 Å². The van der Waals surface area contributed by atoms with Crippen molar-refractivity contribution >= 4 is 23.9 Å². The van der Waals surface area contributed by atoms with Gasteiger partial charge in [-0.25, -0.2) is 19.2 Å². The third-order valence-corrected chi connectivity index (χ3v) is 7.05. The predicted octanol–water partition coefficient (Wildman–Crippen LogP) is 7.59. The fourth-order valence-corrected chi connectivity index (χ4v) is 4.42. The van der Waals surface area contributed by atoms with Gasteiger partial charge in [0.2, 0.25) is 13.6 Å². The first-order valence-corrected chi connectivity index (χ1v) is 15.1. The maximum absolute atomic E-state index is 12.8. The van der Waals surface area contributed by atoms with Crippen LogP contribution in [0.4, 0.5) is 0 Å². The molecule has 5 aromatic rings. The zero-order valence-electron chi connectivity index (χ0n) is 26.6. The predicted molar refractivity (Wildman–Crippen MR) is 184 cm³/mol. The average Bonchev–Trinajstić information content (AvgIpc) is 3.16. The number of benzene rings is 5. The molecule has 0 N–H and O–H groups in total. The maximum atomic E-state index is 12.8. The summed E-state index contributed by atoms with van der Waals surface area (Å²) in [7, 11) is 0. The topological polar surface area (TPSA) is 124 Å². The van der Waals surface area contributed by atoms with Crippen molar-refractivity contribution in [1.82, 2.24) is 0 Å². The van der Waals surface area contributed by atoms with Gasteiger partial charge in [-0.2, -0.15) is 0 Å². The van der Waals surface area contributed by atoms with Crippen molar-refractivity contribution in [2.45, 2.75) is 0 Å². The minimum Gasteiger partial charge on any atom is -0.457 e. The summed E-state index contributed by atoms with van der Waals surface area (Å²) in [5.74, 6) is -0.608. The lowest BCUT2D eigenvalue weighted by Gasteiger charge is -2.09. The molecule has 0 saturated heterocycles. The van der Waals surface area contributed by atoms with Crippen LogP contribution in [-0.2, 0) is 19.1 Å². The van der Waals surface area contributed by atoms with Gasteiger partial charge in [0, 0.05) is 12.2 Å². The maximum Gasteiger partial charge on any atom is 0.343 e. The molecule has 0 aliphatic rings. The molecule has 10 nitrogen and oxygen atoms in total. The SMILES string of the molecule is C=CC(=O)OCOc1ccc(-c2ccc(C(=O)Oc3ccc(OC(=O)c4ccc(-c5ccc(OCOC(=O)C=C)cc5)cc4)cc3)cc2)cc1. The number of ether oxygens (including phenoxy) is 6. The first-order valence-electron chi connectivity index (χ1n) is 15.1. The van der Waals surface area contributed by atoms with Gasteiger partial charge in [0.1, 0.15) is 23.0 Å². The number of rotatable bonds is 14. The zero-order valence-corrected chi connectivity index (χ0v) is 26.6. The number of carbonyl (C=O) groups excluding carboxylic acids is 4. The first-order chi connectivity index (χ1) is 24.3. The van der Waals surface area contributed by atoms with Crippen molar-refractivity contribution in [3.63, 3.8) is 0 Å². The molecule has 250 valence electrons. The summed E-state index contributed by atoms with van der Waals surface area (Å²) in [5, 5.41) is 0. The van der Waals surface area contributed by atoms with Crippen LogP contribution >= 0.6 is 0 Å². The largest absolute Gasteiger partial charge is 0.457 e. The van der Waals surface area contributed by atoms with Crippen molar-refractivity contribution in [3.8, 4) is 45.3 Å². The Balaban J connectivity index is 1.09. The molecular weight excluding hydrogens is 640 g/mol. The Morgan fingerprint density at radius 2 is 0.700 bits per heavy atom. The summed E-state index contributed by atoms with van der Waals surface area (Å²) in [6.45, 7) is 6.20. The van der Waals surface area contributed by atoms with Gasteiger partial charge in [0.05, 0.1) is 11.1 Å². The fourth-order valence-electron chi connectivity index (χ4n) is 4.42. The Hall–Kier alpha value is -6.94. The summed E-state index contributed by atoms with van der Waals surface area (Å²) >= 11 is 0. The van der Waals surface area contributed by atoms with Crippen molar-refractivity contribution in [3.05, 3.63) is 158 Å². The summed E-state index contributed by atoms with van der Waals surface area (Å²) in [4.78, 5) is 47.7. The van der Waals surface area contributed by atoms with Crippen LogP contribution in [0, 0.1) is 0 Å². The molecule has 0 fully saturated rings. The van der Waals surface area contributed by atoms with Crippen LogP contribution in [0.2, 0.25) is 0 Å². The molecule has 5 rings (SSSR count). The second-order valence-electron chi connectivity index (χ2n) is 10.3. The minimum atomic E-state index is -0.570. The normalized spacial score (nSPS) is 10.2. The molecule has 10 heteroatoms. The summed E-state index contributed by atoms with van der Waals surface area (Å²) < 4.78 is 31.3. The van der Waals surface area contributed by atoms with E-state index in [1.807, 2.05) is 24.3 Å². The molecule has 0 radical (unpaired) electrons. The Morgan fingerprint density at radius 1 is 0.420 bits per heavy atom. The van der Waals surface area contributed by atoms with Gasteiger partial charge in [-0.05, 0) is 95.1 Å². The molecule has 0 spiro atoms. The van der Waals surface area contributed by atoms with Crippen LogP contribution in [0.5, 0.6) is 23.0 Å². The molecule has 0 amide bonds. The van der Waals surface area contributed by atoms with Crippen LogP contribution in [0.3, 0.4) is 0 Å².